The van der Waals surface area contributed by atoms with E-state index in [1.807, 2.05) is 5.32 Å². The average molecular weight is 192 g/mol. The molecular weight excluding hydrogens is 182 g/mol. The molecule has 0 aromatic rings. The molecule has 1 atom stereocenters. The summed E-state index contributed by atoms with van der Waals surface area (Å²) < 4.78 is 23.3. The van der Waals surface area contributed by atoms with E-state index in [0.717, 1.165) is 0 Å². The molecule has 0 aliphatic carbocycles. The van der Waals surface area contributed by atoms with Crippen molar-refractivity contribution in [3.05, 3.63) is 0 Å². The third kappa shape index (κ3) is 2.96. The fraction of sp³-hybridized carbons (Fsp3) is 0.714. The Bertz CT molecular complexity index is 221. The lowest BCUT2D eigenvalue weighted by Gasteiger charge is -2.09. The zero-order valence-corrected chi connectivity index (χ0v) is 6.85. The van der Waals surface area contributed by atoms with Crippen LogP contribution in [0.15, 0.2) is 0 Å². The van der Waals surface area contributed by atoms with E-state index in [2.05, 4.69) is 5.32 Å². The molecule has 13 heavy (non-hydrogen) atoms. The monoisotopic (exact) mass is 192 g/mol. The molecule has 0 spiro atoms. The number of nitrogens with one attached hydrogen (secondary N) is 2. The van der Waals surface area contributed by atoms with Crippen molar-refractivity contribution in [2.24, 2.45) is 0 Å². The summed E-state index contributed by atoms with van der Waals surface area (Å²) in [5.41, 5.74) is 0. The van der Waals surface area contributed by atoms with Gasteiger partial charge in [0.15, 0.2) is 0 Å². The molecule has 0 aromatic carbocycles. The van der Waals surface area contributed by atoms with Crippen molar-refractivity contribution >= 4 is 11.8 Å². The third-order valence-electron chi connectivity index (χ3n) is 1.74. The first-order chi connectivity index (χ1) is 6.09. The molecule has 1 rings (SSSR count). The Morgan fingerprint density at radius 2 is 2.38 bits per heavy atom. The third-order valence-corrected chi connectivity index (χ3v) is 1.74. The molecule has 1 heterocycles. The van der Waals surface area contributed by atoms with Gasteiger partial charge in [-0.15, -0.1) is 0 Å². The van der Waals surface area contributed by atoms with E-state index < -0.39 is 24.9 Å². The number of carbonyl (C=O) groups excluding carboxylic acids is 2. The van der Waals surface area contributed by atoms with Crippen LogP contribution in [0.25, 0.3) is 0 Å². The average Bonchev–Trinajstić information content (AvgIpc) is 2.47. The van der Waals surface area contributed by atoms with Crippen LogP contribution in [0, 0.1) is 0 Å². The highest BCUT2D eigenvalue weighted by Gasteiger charge is 2.27. The van der Waals surface area contributed by atoms with E-state index in [1.165, 1.54) is 0 Å². The highest BCUT2D eigenvalue weighted by molar-refractivity contribution is 5.90. The maximum atomic E-state index is 11.7. The molecule has 74 valence electrons. The molecule has 0 aromatic heterocycles. The molecule has 6 heteroatoms. The second-order valence-corrected chi connectivity index (χ2v) is 2.80. The molecule has 0 bridgehead atoms. The lowest BCUT2D eigenvalue weighted by atomic mass is 10.2. The van der Waals surface area contributed by atoms with Crippen LogP contribution < -0.4 is 10.6 Å². The minimum Gasteiger partial charge on any atom is -0.349 e. The number of hydrogen-bond acceptors (Lipinski definition) is 2. The van der Waals surface area contributed by atoms with Crippen molar-refractivity contribution in [2.75, 3.05) is 6.54 Å². The highest BCUT2D eigenvalue weighted by Crippen LogP contribution is 2.06. The maximum Gasteiger partial charge on any atom is 0.255 e. The molecule has 0 radical (unpaired) electrons. The normalized spacial score (nSPS) is 21.8. The van der Waals surface area contributed by atoms with Crippen molar-refractivity contribution in [1.82, 2.24) is 10.6 Å². The minimum absolute atomic E-state index is 0.211. The summed E-state index contributed by atoms with van der Waals surface area (Å²) in [6, 6.07) is -0.633. The largest absolute Gasteiger partial charge is 0.349 e. The van der Waals surface area contributed by atoms with Gasteiger partial charge in [-0.25, -0.2) is 8.78 Å². The number of amides is 2. The Hall–Kier alpha value is -1.20. The second-order valence-electron chi connectivity index (χ2n) is 2.80. The van der Waals surface area contributed by atoms with E-state index in [0.29, 0.717) is 6.42 Å². The van der Waals surface area contributed by atoms with Crippen LogP contribution in [0.5, 0.6) is 0 Å². The van der Waals surface area contributed by atoms with Crippen LogP contribution in [0.4, 0.5) is 8.78 Å². The summed E-state index contributed by atoms with van der Waals surface area (Å²) in [5.74, 6) is -0.747. The summed E-state index contributed by atoms with van der Waals surface area (Å²) in [5, 5.41) is 4.42. The van der Waals surface area contributed by atoms with Gasteiger partial charge >= 0.3 is 0 Å². The lowest BCUT2D eigenvalue weighted by molar-refractivity contribution is -0.126. The van der Waals surface area contributed by atoms with Gasteiger partial charge in [-0.2, -0.15) is 0 Å². The minimum atomic E-state index is -2.55. The van der Waals surface area contributed by atoms with Gasteiger partial charge in [0.2, 0.25) is 11.8 Å². The Balaban J connectivity index is 2.27. The fourth-order valence-electron chi connectivity index (χ4n) is 1.11. The fourth-order valence-corrected chi connectivity index (χ4v) is 1.11. The summed E-state index contributed by atoms with van der Waals surface area (Å²) in [7, 11) is 0. The summed E-state index contributed by atoms with van der Waals surface area (Å²) >= 11 is 0. The van der Waals surface area contributed by atoms with Gasteiger partial charge in [0, 0.05) is 6.42 Å². The molecule has 2 N–H and O–H groups in total. The number of alkyl halides is 2. The SMILES string of the molecule is O=C1CCC(C(=O)NCC(F)F)N1. The van der Waals surface area contributed by atoms with Gasteiger partial charge in [-0.3, -0.25) is 9.59 Å². The van der Waals surface area contributed by atoms with Crippen LogP contribution in [-0.2, 0) is 9.59 Å². The van der Waals surface area contributed by atoms with E-state index in [1.54, 1.807) is 0 Å². The Morgan fingerprint density at radius 1 is 1.69 bits per heavy atom. The Kier molecular flexibility index (Phi) is 3.16. The first-order valence-corrected chi connectivity index (χ1v) is 3.95. The van der Waals surface area contributed by atoms with Crippen molar-refractivity contribution in [2.45, 2.75) is 25.3 Å². The molecule has 0 saturated carbocycles. The van der Waals surface area contributed by atoms with Gasteiger partial charge in [-0.05, 0) is 6.42 Å². The Morgan fingerprint density at radius 3 is 2.85 bits per heavy atom. The Labute approximate surface area is 73.7 Å². The first kappa shape index (κ1) is 9.88. The van der Waals surface area contributed by atoms with Crippen molar-refractivity contribution < 1.29 is 18.4 Å². The molecule has 1 saturated heterocycles. The van der Waals surface area contributed by atoms with Crippen molar-refractivity contribution in [1.29, 1.82) is 0 Å². The molecular formula is C7H10F2N2O2. The summed E-state index contributed by atoms with van der Waals surface area (Å²) in [6.45, 7) is -0.662. The standard InChI is InChI=1S/C7H10F2N2O2/c8-5(9)3-10-7(13)4-1-2-6(12)11-4/h4-5H,1-3H2,(H,10,13)(H,11,12). The quantitative estimate of drug-likeness (QED) is 0.642. The molecule has 1 fully saturated rings. The van der Waals surface area contributed by atoms with E-state index in [9.17, 15) is 18.4 Å². The zero-order valence-electron chi connectivity index (χ0n) is 6.85. The lowest BCUT2D eigenvalue weighted by Crippen LogP contribution is -2.43. The molecule has 1 aliphatic rings. The van der Waals surface area contributed by atoms with Gasteiger partial charge in [0.05, 0.1) is 6.54 Å². The number of hydrogen-bond donors (Lipinski definition) is 2. The smallest absolute Gasteiger partial charge is 0.255 e. The summed E-state index contributed by atoms with van der Waals surface area (Å²) in [6.07, 6.45) is -1.89. The van der Waals surface area contributed by atoms with Gasteiger partial charge in [0.1, 0.15) is 6.04 Å². The van der Waals surface area contributed by atoms with E-state index in [4.69, 9.17) is 0 Å². The van der Waals surface area contributed by atoms with Crippen molar-refractivity contribution in [3.8, 4) is 0 Å². The van der Waals surface area contributed by atoms with Crippen LogP contribution >= 0.6 is 0 Å². The number of carbonyl (C=O) groups is 2. The first-order valence-electron chi connectivity index (χ1n) is 3.95. The number of halogens is 2. The molecule has 4 nitrogen and oxygen atoms in total. The van der Waals surface area contributed by atoms with Gasteiger partial charge < -0.3 is 10.6 Å². The topological polar surface area (TPSA) is 58.2 Å². The van der Waals surface area contributed by atoms with Crippen LogP contribution in [0.1, 0.15) is 12.8 Å². The highest BCUT2D eigenvalue weighted by atomic mass is 19.3. The number of rotatable bonds is 3. The van der Waals surface area contributed by atoms with Crippen LogP contribution in [0.2, 0.25) is 0 Å². The maximum absolute atomic E-state index is 11.7. The van der Waals surface area contributed by atoms with E-state index >= 15 is 0 Å². The van der Waals surface area contributed by atoms with Gasteiger partial charge in [-0.1, -0.05) is 0 Å². The zero-order chi connectivity index (χ0) is 9.84. The van der Waals surface area contributed by atoms with Crippen molar-refractivity contribution in [3.63, 3.8) is 0 Å². The molecule has 1 aliphatic heterocycles. The molecule has 1 unspecified atom stereocenters. The van der Waals surface area contributed by atoms with Crippen LogP contribution in [-0.4, -0.2) is 30.8 Å². The predicted octanol–water partition coefficient (Wildman–Crippen LogP) is -0.354. The molecule has 2 amide bonds. The second kappa shape index (κ2) is 4.15. The summed E-state index contributed by atoms with van der Waals surface area (Å²) in [4.78, 5) is 21.7. The van der Waals surface area contributed by atoms with Gasteiger partial charge in [0.25, 0.3) is 6.43 Å². The van der Waals surface area contributed by atoms with E-state index in [-0.39, 0.29) is 12.3 Å². The van der Waals surface area contributed by atoms with Crippen LogP contribution in [0.3, 0.4) is 0 Å². The predicted molar refractivity (Wildman–Crippen MR) is 40.2 cm³/mol.